The second-order valence-electron chi connectivity index (χ2n) is 4.10. The van der Waals surface area contributed by atoms with E-state index in [2.05, 4.69) is 11.9 Å². The normalized spacial score (nSPS) is 11.0. The molecule has 0 saturated carbocycles. The van der Waals surface area contributed by atoms with Gasteiger partial charge in [-0.25, -0.2) is 0 Å². The summed E-state index contributed by atoms with van der Waals surface area (Å²) in [5.74, 6) is -0.277. The number of anilines is 1. The Morgan fingerprint density at radius 1 is 1.38 bits per heavy atom. The SMILES string of the molecule is C=C(C)C(=O)Nc1ccccc1[N+](C)(C)[O-]. The summed E-state index contributed by atoms with van der Waals surface area (Å²) in [6, 6.07) is 6.94. The van der Waals surface area contributed by atoms with E-state index < -0.39 is 4.65 Å². The van der Waals surface area contributed by atoms with E-state index in [1.807, 2.05) is 0 Å². The van der Waals surface area contributed by atoms with E-state index >= 15 is 0 Å². The molecule has 0 saturated heterocycles. The third-order valence-corrected chi connectivity index (χ3v) is 2.12. The van der Waals surface area contributed by atoms with E-state index in [4.69, 9.17) is 0 Å². The van der Waals surface area contributed by atoms with Crippen molar-refractivity contribution in [2.24, 2.45) is 0 Å². The van der Waals surface area contributed by atoms with Gasteiger partial charge in [-0.15, -0.1) is 0 Å². The Kier molecular flexibility index (Phi) is 3.47. The lowest BCUT2D eigenvalue weighted by atomic mass is 10.2. The molecule has 4 nitrogen and oxygen atoms in total. The van der Waals surface area contributed by atoms with Gasteiger partial charge in [0, 0.05) is 11.6 Å². The van der Waals surface area contributed by atoms with E-state index in [-0.39, 0.29) is 5.91 Å². The molecule has 4 heteroatoms. The van der Waals surface area contributed by atoms with Crippen molar-refractivity contribution in [1.29, 1.82) is 0 Å². The average molecular weight is 220 g/mol. The predicted molar refractivity (Wildman–Crippen MR) is 66.9 cm³/mol. The molecule has 1 rings (SSSR count). The molecule has 1 aromatic carbocycles. The van der Waals surface area contributed by atoms with Gasteiger partial charge in [0.15, 0.2) is 5.69 Å². The molecule has 16 heavy (non-hydrogen) atoms. The van der Waals surface area contributed by atoms with Gasteiger partial charge in [0.05, 0.1) is 14.1 Å². The number of quaternary nitrogens is 1. The van der Waals surface area contributed by atoms with Crippen LogP contribution < -0.4 is 9.96 Å². The summed E-state index contributed by atoms with van der Waals surface area (Å²) in [5.41, 5.74) is 1.44. The van der Waals surface area contributed by atoms with Crippen molar-refractivity contribution in [1.82, 2.24) is 4.65 Å². The zero-order valence-corrected chi connectivity index (χ0v) is 9.78. The first kappa shape index (κ1) is 12.4. The van der Waals surface area contributed by atoms with Crippen molar-refractivity contribution in [3.05, 3.63) is 41.6 Å². The van der Waals surface area contributed by atoms with Crippen LogP contribution >= 0.6 is 0 Å². The molecule has 0 aliphatic carbocycles. The smallest absolute Gasteiger partial charge is 0.250 e. The van der Waals surface area contributed by atoms with Crippen LogP contribution in [-0.2, 0) is 4.79 Å². The molecule has 0 aliphatic heterocycles. The van der Waals surface area contributed by atoms with Crippen LogP contribution in [-0.4, -0.2) is 20.0 Å². The predicted octanol–water partition coefficient (Wildman–Crippen LogP) is 2.27. The van der Waals surface area contributed by atoms with Crippen molar-refractivity contribution >= 4 is 17.3 Å². The minimum absolute atomic E-state index is 0.277. The molecule has 0 aromatic heterocycles. The Morgan fingerprint density at radius 3 is 2.44 bits per heavy atom. The molecule has 1 amide bonds. The van der Waals surface area contributed by atoms with Crippen molar-refractivity contribution < 1.29 is 4.79 Å². The fourth-order valence-electron chi connectivity index (χ4n) is 1.28. The monoisotopic (exact) mass is 220 g/mol. The molecule has 0 heterocycles. The Bertz CT molecular complexity index is 419. The number of hydroxylamine groups is 2. The van der Waals surface area contributed by atoms with Gasteiger partial charge in [-0.1, -0.05) is 18.7 Å². The third kappa shape index (κ3) is 2.92. The highest BCUT2D eigenvalue weighted by Gasteiger charge is 2.15. The first-order chi connectivity index (χ1) is 7.32. The van der Waals surface area contributed by atoms with Gasteiger partial charge in [0.2, 0.25) is 0 Å². The molecule has 0 unspecified atom stereocenters. The van der Waals surface area contributed by atoms with Crippen LogP contribution in [0.1, 0.15) is 6.92 Å². The van der Waals surface area contributed by atoms with Gasteiger partial charge in [-0.3, -0.25) is 4.79 Å². The van der Waals surface area contributed by atoms with Crippen LogP contribution in [0, 0.1) is 5.21 Å². The number of hydrogen-bond acceptors (Lipinski definition) is 2. The van der Waals surface area contributed by atoms with Gasteiger partial charge in [0.25, 0.3) is 5.91 Å². The van der Waals surface area contributed by atoms with E-state index in [0.717, 1.165) is 0 Å². The largest absolute Gasteiger partial charge is 0.628 e. The minimum atomic E-state index is -0.591. The first-order valence-electron chi connectivity index (χ1n) is 4.94. The lowest BCUT2D eigenvalue weighted by Crippen LogP contribution is -2.33. The molecule has 1 aromatic rings. The summed E-state index contributed by atoms with van der Waals surface area (Å²) in [5, 5.41) is 14.5. The molecular weight excluding hydrogens is 204 g/mol. The average Bonchev–Trinajstić information content (AvgIpc) is 2.16. The number of nitrogens with one attached hydrogen (secondary N) is 1. The van der Waals surface area contributed by atoms with Gasteiger partial charge in [0.1, 0.15) is 5.69 Å². The number of rotatable bonds is 3. The van der Waals surface area contributed by atoms with Crippen LogP contribution in [0.2, 0.25) is 0 Å². The quantitative estimate of drug-likeness (QED) is 0.482. The summed E-state index contributed by atoms with van der Waals surface area (Å²) in [7, 11) is 3.01. The van der Waals surface area contributed by atoms with Crippen LogP contribution in [0.3, 0.4) is 0 Å². The zero-order chi connectivity index (χ0) is 12.3. The van der Waals surface area contributed by atoms with Crippen molar-refractivity contribution in [3.8, 4) is 0 Å². The lowest BCUT2D eigenvalue weighted by Gasteiger charge is -2.34. The maximum Gasteiger partial charge on any atom is 0.250 e. The van der Waals surface area contributed by atoms with Gasteiger partial charge in [-0.05, 0) is 13.0 Å². The highest BCUT2D eigenvalue weighted by atomic mass is 16.5. The maximum atomic E-state index is 11.8. The number of carbonyl (C=O) groups is 1. The summed E-state index contributed by atoms with van der Waals surface area (Å²) in [6.07, 6.45) is 0. The van der Waals surface area contributed by atoms with Crippen molar-refractivity contribution in [2.75, 3.05) is 19.4 Å². The summed E-state index contributed by atoms with van der Waals surface area (Å²) < 4.78 is -0.591. The lowest BCUT2D eigenvalue weighted by molar-refractivity contribution is -0.112. The Balaban J connectivity index is 3.05. The maximum absolute atomic E-state index is 11.8. The summed E-state index contributed by atoms with van der Waals surface area (Å²) >= 11 is 0. The van der Waals surface area contributed by atoms with Crippen LogP contribution in [0.5, 0.6) is 0 Å². The second-order valence-corrected chi connectivity index (χ2v) is 4.10. The van der Waals surface area contributed by atoms with Gasteiger partial charge < -0.3 is 15.2 Å². The fraction of sp³-hybridized carbons (Fsp3) is 0.250. The fourth-order valence-corrected chi connectivity index (χ4v) is 1.28. The topological polar surface area (TPSA) is 52.2 Å². The molecule has 0 atom stereocenters. The van der Waals surface area contributed by atoms with Gasteiger partial charge in [-0.2, -0.15) is 0 Å². The first-order valence-corrected chi connectivity index (χ1v) is 4.94. The molecule has 1 N–H and O–H groups in total. The molecule has 0 fully saturated rings. The zero-order valence-electron chi connectivity index (χ0n) is 9.78. The number of hydrogen-bond donors (Lipinski definition) is 1. The number of benzene rings is 1. The standard InChI is InChI=1S/C12H16N2O2/c1-9(2)12(15)13-10-7-5-6-8-11(10)14(3,4)16/h5-8H,1H2,2-4H3,(H,13,15). The van der Waals surface area contributed by atoms with Crippen LogP contribution in [0.15, 0.2) is 36.4 Å². The summed E-state index contributed by atoms with van der Waals surface area (Å²) in [6.45, 7) is 5.17. The third-order valence-electron chi connectivity index (χ3n) is 2.12. The number of carbonyl (C=O) groups excluding carboxylic acids is 1. The van der Waals surface area contributed by atoms with Crippen molar-refractivity contribution in [2.45, 2.75) is 6.92 Å². The Labute approximate surface area is 95.4 Å². The molecule has 86 valence electrons. The highest BCUT2D eigenvalue weighted by Crippen LogP contribution is 2.28. The van der Waals surface area contributed by atoms with E-state index in [1.54, 1.807) is 31.2 Å². The van der Waals surface area contributed by atoms with Gasteiger partial charge >= 0.3 is 0 Å². The molecule has 0 bridgehead atoms. The Hall–Kier alpha value is -1.65. The number of nitrogens with zero attached hydrogens (tertiary/aromatic N) is 1. The van der Waals surface area contributed by atoms with E-state index in [1.165, 1.54) is 14.1 Å². The molecular formula is C12H16N2O2. The molecule has 0 radical (unpaired) electrons. The van der Waals surface area contributed by atoms with Crippen LogP contribution in [0.4, 0.5) is 11.4 Å². The molecule has 0 spiro atoms. The second kappa shape index (κ2) is 4.47. The minimum Gasteiger partial charge on any atom is -0.628 e. The van der Waals surface area contributed by atoms with E-state index in [9.17, 15) is 10.0 Å². The highest BCUT2D eigenvalue weighted by molar-refractivity contribution is 6.04. The van der Waals surface area contributed by atoms with Crippen molar-refractivity contribution in [3.63, 3.8) is 0 Å². The number of amides is 1. The Morgan fingerprint density at radius 2 is 1.94 bits per heavy atom. The molecule has 0 aliphatic rings. The summed E-state index contributed by atoms with van der Waals surface area (Å²) in [4.78, 5) is 11.5. The van der Waals surface area contributed by atoms with Crippen LogP contribution in [0.25, 0.3) is 0 Å². The van der Waals surface area contributed by atoms with E-state index in [0.29, 0.717) is 16.9 Å². The number of para-hydroxylation sites is 2.